The highest BCUT2D eigenvalue weighted by Gasteiger charge is 2.53. The van der Waals surface area contributed by atoms with Crippen LogP contribution in [0, 0.1) is 5.92 Å². The number of hydrogen-bond acceptors (Lipinski definition) is 5. The number of nitrogens with zero attached hydrogens (tertiary/aromatic N) is 2. The van der Waals surface area contributed by atoms with E-state index in [-0.39, 0.29) is 17.2 Å². The van der Waals surface area contributed by atoms with Gasteiger partial charge in [-0.2, -0.15) is 0 Å². The van der Waals surface area contributed by atoms with E-state index < -0.39 is 41.9 Å². The number of carbonyl (C=O) groups excluding carboxylic acids is 3. The van der Waals surface area contributed by atoms with E-state index >= 15 is 0 Å². The number of imide groups is 1. The van der Waals surface area contributed by atoms with Crippen LogP contribution in [0.2, 0.25) is 0 Å². The van der Waals surface area contributed by atoms with Gasteiger partial charge in [0.1, 0.15) is 23.9 Å². The topological polar surface area (TPSA) is 132 Å². The van der Waals surface area contributed by atoms with Crippen LogP contribution >= 0.6 is 0 Å². The van der Waals surface area contributed by atoms with Crippen molar-refractivity contribution < 1.29 is 29.0 Å². The molecule has 10 nitrogen and oxygen atoms in total. The van der Waals surface area contributed by atoms with Crippen molar-refractivity contribution in [3.63, 3.8) is 0 Å². The highest BCUT2D eigenvalue weighted by Crippen LogP contribution is 2.45. The Morgan fingerprint density at radius 2 is 1.76 bits per heavy atom. The monoisotopic (exact) mass is 566 g/mol. The molecule has 4 aromatic rings. The number of rotatable bonds is 7. The van der Waals surface area contributed by atoms with Gasteiger partial charge in [-0.05, 0) is 47.4 Å². The maximum absolute atomic E-state index is 14.3. The lowest BCUT2D eigenvalue weighted by Gasteiger charge is -2.36. The Labute approximate surface area is 241 Å². The van der Waals surface area contributed by atoms with Gasteiger partial charge in [-0.3, -0.25) is 14.5 Å². The zero-order chi connectivity index (χ0) is 29.7. The van der Waals surface area contributed by atoms with Crippen molar-refractivity contribution >= 4 is 40.4 Å². The standard InChI is InChI=1S/C32H30N4O6/c1-17(2)26(31(39)40)34-29(37)21-12-5-7-14-24(21)36-30(38)25-16-22-20-11-4-6-13-23(20)33-27(22)28(35(25)32(36)41)18-9-8-10-19(15-18)42-3/h4-15,17,25-26,28,33H,16H2,1-3H3,(H,34,37)(H,39,40)/t25-,26+,28?/m0/s1. The summed E-state index contributed by atoms with van der Waals surface area (Å²) in [7, 11) is 1.57. The second kappa shape index (κ2) is 10.4. The van der Waals surface area contributed by atoms with Gasteiger partial charge in [-0.15, -0.1) is 0 Å². The largest absolute Gasteiger partial charge is 0.497 e. The number of aliphatic carboxylic acids is 1. The molecule has 10 heteroatoms. The van der Waals surface area contributed by atoms with Gasteiger partial charge >= 0.3 is 12.0 Å². The van der Waals surface area contributed by atoms with E-state index in [1.165, 1.54) is 12.1 Å². The number of fused-ring (bicyclic) bond motifs is 4. The number of hydrogen-bond donors (Lipinski definition) is 3. The number of carboxylic acids is 1. The zero-order valence-electron chi connectivity index (χ0n) is 23.3. The maximum Gasteiger partial charge on any atom is 0.332 e. The van der Waals surface area contributed by atoms with Gasteiger partial charge < -0.3 is 20.1 Å². The number of anilines is 1. The lowest BCUT2D eigenvalue weighted by molar-refractivity contribution is -0.140. The number of aromatic nitrogens is 1. The van der Waals surface area contributed by atoms with Gasteiger partial charge in [-0.1, -0.05) is 56.3 Å². The highest BCUT2D eigenvalue weighted by molar-refractivity contribution is 6.24. The first-order chi connectivity index (χ1) is 20.2. The summed E-state index contributed by atoms with van der Waals surface area (Å²) in [6, 6.07) is 18.3. The van der Waals surface area contributed by atoms with Crippen LogP contribution in [0.3, 0.4) is 0 Å². The van der Waals surface area contributed by atoms with Gasteiger partial charge in [0, 0.05) is 23.0 Å². The summed E-state index contributed by atoms with van der Waals surface area (Å²) in [6.45, 7) is 3.38. The van der Waals surface area contributed by atoms with Crippen molar-refractivity contribution in [1.82, 2.24) is 15.2 Å². The van der Waals surface area contributed by atoms with E-state index in [9.17, 15) is 24.3 Å². The van der Waals surface area contributed by atoms with Crippen molar-refractivity contribution in [3.8, 4) is 5.75 Å². The van der Waals surface area contributed by atoms with Crippen molar-refractivity contribution in [2.75, 3.05) is 12.0 Å². The smallest absolute Gasteiger partial charge is 0.332 e. The molecule has 3 atom stereocenters. The van der Waals surface area contributed by atoms with E-state index in [1.54, 1.807) is 38.0 Å². The molecule has 42 heavy (non-hydrogen) atoms. The van der Waals surface area contributed by atoms with Crippen LogP contribution in [0.25, 0.3) is 10.9 Å². The number of amides is 4. The molecule has 3 heterocycles. The molecule has 214 valence electrons. The summed E-state index contributed by atoms with van der Waals surface area (Å²) in [5.41, 5.74) is 3.58. The number of aromatic amines is 1. The fraction of sp³-hybridized carbons (Fsp3) is 0.250. The first-order valence-corrected chi connectivity index (χ1v) is 13.7. The SMILES string of the molecule is COc1cccc(C2c3[nH]c4ccccc4c3C[C@H]3C(=O)N(c4ccccc4C(=O)N[C@@H](C(=O)O)C(C)C)C(=O)N23)c1. The second-order valence-corrected chi connectivity index (χ2v) is 10.9. The first kappa shape index (κ1) is 27.1. The fourth-order valence-electron chi connectivity index (χ4n) is 6.05. The quantitative estimate of drug-likeness (QED) is 0.282. The van der Waals surface area contributed by atoms with E-state index in [0.717, 1.165) is 32.6 Å². The van der Waals surface area contributed by atoms with Crippen LogP contribution in [-0.4, -0.2) is 58.0 Å². The molecular weight excluding hydrogens is 536 g/mol. The predicted molar refractivity (Wildman–Crippen MR) is 156 cm³/mol. The summed E-state index contributed by atoms with van der Waals surface area (Å²) in [5.74, 6) is -2.08. The molecule has 0 radical (unpaired) electrons. The molecule has 0 aliphatic carbocycles. The minimum atomic E-state index is -1.17. The summed E-state index contributed by atoms with van der Waals surface area (Å²) in [4.78, 5) is 59.6. The third-order valence-corrected chi connectivity index (χ3v) is 8.07. The number of para-hydroxylation sites is 2. The highest BCUT2D eigenvalue weighted by atomic mass is 16.5. The minimum absolute atomic E-state index is 0.0350. The summed E-state index contributed by atoms with van der Waals surface area (Å²) in [5, 5.41) is 13.1. The molecule has 3 N–H and O–H groups in total. The van der Waals surface area contributed by atoms with Crippen LogP contribution in [0.5, 0.6) is 5.75 Å². The molecule has 2 aliphatic heterocycles. The Bertz CT molecular complexity index is 1740. The zero-order valence-corrected chi connectivity index (χ0v) is 23.3. The molecule has 1 unspecified atom stereocenters. The summed E-state index contributed by atoms with van der Waals surface area (Å²) >= 11 is 0. The molecule has 4 amide bonds. The average Bonchev–Trinajstić information content (AvgIpc) is 3.48. The lowest BCUT2D eigenvalue weighted by Crippen LogP contribution is -2.45. The van der Waals surface area contributed by atoms with Crippen molar-refractivity contribution in [2.24, 2.45) is 5.92 Å². The Hall–Kier alpha value is -5.12. The number of carboxylic acid groups (broad SMARTS) is 1. The van der Waals surface area contributed by atoms with Gasteiger partial charge in [0.2, 0.25) is 0 Å². The third kappa shape index (κ3) is 4.27. The third-order valence-electron chi connectivity index (χ3n) is 8.07. The molecule has 6 rings (SSSR count). The van der Waals surface area contributed by atoms with Gasteiger partial charge in [0.15, 0.2) is 0 Å². The number of H-pyrrole nitrogens is 1. The van der Waals surface area contributed by atoms with Gasteiger partial charge in [-0.25, -0.2) is 14.5 Å². The molecule has 0 bridgehead atoms. The molecular formula is C32H30N4O6. The van der Waals surface area contributed by atoms with Crippen LogP contribution in [-0.2, 0) is 16.0 Å². The van der Waals surface area contributed by atoms with Crippen LogP contribution < -0.4 is 15.0 Å². The fourth-order valence-corrected chi connectivity index (χ4v) is 6.05. The Morgan fingerprint density at radius 3 is 2.50 bits per heavy atom. The molecule has 1 saturated heterocycles. The first-order valence-electron chi connectivity index (χ1n) is 13.7. The van der Waals surface area contributed by atoms with Crippen molar-refractivity contribution in [3.05, 3.63) is 95.2 Å². The van der Waals surface area contributed by atoms with Crippen molar-refractivity contribution in [2.45, 2.75) is 38.4 Å². The lowest BCUT2D eigenvalue weighted by atomic mass is 9.89. The second-order valence-electron chi connectivity index (χ2n) is 10.9. The summed E-state index contributed by atoms with van der Waals surface area (Å²) < 4.78 is 5.47. The number of benzene rings is 3. The number of ether oxygens (including phenoxy) is 1. The molecule has 2 aliphatic rings. The predicted octanol–water partition coefficient (Wildman–Crippen LogP) is 4.50. The van der Waals surface area contributed by atoms with Crippen molar-refractivity contribution in [1.29, 1.82) is 0 Å². The molecule has 3 aromatic carbocycles. The number of urea groups is 1. The Kier molecular flexibility index (Phi) is 6.68. The molecule has 1 fully saturated rings. The van der Waals surface area contributed by atoms with E-state index in [4.69, 9.17) is 4.74 Å². The molecule has 0 spiro atoms. The van der Waals surface area contributed by atoms with Gasteiger partial charge in [0.25, 0.3) is 11.8 Å². The van der Waals surface area contributed by atoms with Gasteiger partial charge in [0.05, 0.1) is 18.4 Å². The maximum atomic E-state index is 14.3. The molecule has 0 saturated carbocycles. The van der Waals surface area contributed by atoms with E-state index in [1.807, 2.05) is 48.5 Å². The Morgan fingerprint density at radius 1 is 1.02 bits per heavy atom. The van der Waals surface area contributed by atoms with Crippen LogP contribution in [0.1, 0.15) is 47.1 Å². The van der Waals surface area contributed by atoms with Crippen LogP contribution in [0.15, 0.2) is 72.8 Å². The molecule has 1 aromatic heterocycles. The van der Waals surface area contributed by atoms with E-state index in [0.29, 0.717) is 12.2 Å². The number of methoxy groups -OCH3 is 1. The number of carbonyl (C=O) groups is 4. The minimum Gasteiger partial charge on any atom is -0.497 e. The summed E-state index contributed by atoms with van der Waals surface area (Å²) in [6.07, 6.45) is 0.295. The normalized spacial score (nSPS) is 18.7. The Balaban J connectivity index is 1.45. The van der Waals surface area contributed by atoms with E-state index in [2.05, 4.69) is 10.3 Å². The number of nitrogens with one attached hydrogen (secondary N) is 2. The van der Waals surface area contributed by atoms with Crippen LogP contribution in [0.4, 0.5) is 10.5 Å². The average molecular weight is 567 g/mol.